The van der Waals surface area contributed by atoms with Crippen molar-refractivity contribution in [2.75, 3.05) is 20.8 Å². The fraction of sp³-hybridized carbons (Fsp3) is 0.438. The van der Waals surface area contributed by atoms with E-state index in [0.29, 0.717) is 0 Å². The molecule has 21 heavy (non-hydrogen) atoms. The number of nitrogens with one attached hydrogen (secondary N) is 2. The minimum Gasteiger partial charge on any atom is -0.493 e. The van der Waals surface area contributed by atoms with Crippen molar-refractivity contribution in [1.82, 2.24) is 15.5 Å². The average molecular weight is 289 g/mol. The fourth-order valence-electron chi connectivity index (χ4n) is 2.38. The lowest BCUT2D eigenvalue weighted by Gasteiger charge is -2.14. The summed E-state index contributed by atoms with van der Waals surface area (Å²) in [6, 6.07) is 6.31. The molecule has 1 aromatic heterocycles. The highest BCUT2D eigenvalue weighted by Gasteiger charge is 2.09. The van der Waals surface area contributed by atoms with Crippen molar-refractivity contribution in [3.8, 4) is 11.5 Å². The maximum absolute atomic E-state index is 5.32. The van der Waals surface area contributed by atoms with Crippen molar-refractivity contribution in [3.63, 3.8) is 0 Å². The van der Waals surface area contributed by atoms with Crippen LogP contribution in [0.4, 0.5) is 0 Å². The van der Waals surface area contributed by atoms with Crippen molar-refractivity contribution >= 4 is 0 Å². The SMILES string of the molecule is COc1ccc(CCN[C@H](C)c2cn[nH]c2C)cc1OC. The van der Waals surface area contributed by atoms with Crippen LogP contribution in [0, 0.1) is 6.92 Å². The van der Waals surface area contributed by atoms with E-state index < -0.39 is 0 Å². The molecular formula is C16H23N3O2. The summed E-state index contributed by atoms with van der Waals surface area (Å²) in [5.41, 5.74) is 3.54. The van der Waals surface area contributed by atoms with Gasteiger partial charge >= 0.3 is 0 Å². The van der Waals surface area contributed by atoms with Gasteiger partial charge in [0.25, 0.3) is 0 Å². The molecule has 2 N–H and O–H groups in total. The summed E-state index contributed by atoms with van der Waals surface area (Å²) in [5.74, 6) is 1.53. The summed E-state index contributed by atoms with van der Waals surface area (Å²) < 4.78 is 10.6. The molecule has 114 valence electrons. The molecule has 5 heteroatoms. The second-order valence-electron chi connectivity index (χ2n) is 5.07. The summed E-state index contributed by atoms with van der Waals surface area (Å²) in [5, 5.41) is 10.5. The van der Waals surface area contributed by atoms with Crippen LogP contribution < -0.4 is 14.8 Å². The largest absolute Gasteiger partial charge is 0.493 e. The first kappa shape index (κ1) is 15.4. The normalized spacial score (nSPS) is 12.2. The van der Waals surface area contributed by atoms with Crippen molar-refractivity contribution < 1.29 is 9.47 Å². The van der Waals surface area contributed by atoms with E-state index >= 15 is 0 Å². The van der Waals surface area contributed by atoms with E-state index in [2.05, 4.69) is 28.5 Å². The average Bonchev–Trinajstić information content (AvgIpc) is 2.93. The van der Waals surface area contributed by atoms with Gasteiger partial charge in [-0.3, -0.25) is 5.10 Å². The van der Waals surface area contributed by atoms with Gasteiger partial charge in [-0.15, -0.1) is 0 Å². The van der Waals surface area contributed by atoms with Crippen molar-refractivity contribution in [3.05, 3.63) is 41.2 Å². The minimum atomic E-state index is 0.281. The number of ether oxygens (including phenoxy) is 2. The molecule has 0 spiro atoms. The zero-order valence-electron chi connectivity index (χ0n) is 13.1. The topological polar surface area (TPSA) is 59.2 Å². The molecule has 5 nitrogen and oxygen atoms in total. The molecule has 0 bridgehead atoms. The number of nitrogens with zero attached hydrogens (tertiary/aromatic N) is 1. The monoisotopic (exact) mass is 289 g/mol. The first-order valence-electron chi connectivity index (χ1n) is 7.10. The molecule has 0 unspecified atom stereocenters. The van der Waals surface area contributed by atoms with Gasteiger partial charge in [0.05, 0.1) is 20.4 Å². The number of rotatable bonds is 7. The van der Waals surface area contributed by atoms with Crippen molar-refractivity contribution in [1.29, 1.82) is 0 Å². The third-order valence-corrected chi connectivity index (χ3v) is 3.65. The Bertz CT molecular complexity index is 581. The Hall–Kier alpha value is -2.01. The number of benzene rings is 1. The molecule has 1 aromatic carbocycles. The summed E-state index contributed by atoms with van der Waals surface area (Å²) in [6.45, 7) is 5.07. The van der Waals surface area contributed by atoms with Gasteiger partial charge in [0.15, 0.2) is 11.5 Å². The van der Waals surface area contributed by atoms with Gasteiger partial charge in [0.2, 0.25) is 0 Å². The van der Waals surface area contributed by atoms with Crippen LogP contribution >= 0.6 is 0 Å². The Kier molecular flexibility index (Phi) is 5.22. The van der Waals surface area contributed by atoms with Gasteiger partial charge < -0.3 is 14.8 Å². The van der Waals surface area contributed by atoms with Crippen LogP contribution in [-0.4, -0.2) is 31.0 Å². The van der Waals surface area contributed by atoms with Crippen molar-refractivity contribution in [2.45, 2.75) is 26.3 Å². The zero-order chi connectivity index (χ0) is 15.2. The summed E-state index contributed by atoms with van der Waals surface area (Å²) in [7, 11) is 3.30. The second kappa shape index (κ2) is 7.13. The lowest BCUT2D eigenvalue weighted by atomic mass is 10.1. The van der Waals surface area contributed by atoms with E-state index in [4.69, 9.17) is 9.47 Å². The van der Waals surface area contributed by atoms with Crippen LogP contribution in [0.2, 0.25) is 0 Å². The molecule has 0 aliphatic rings. The number of aromatic nitrogens is 2. The first-order chi connectivity index (χ1) is 10.2. The van der Waals surface area contributed by atoms with Crippen LogP contribution in [0.1, 0.15) is 29.8 Å². The minimum absolute atomic E-state index is 0.281. The highest BCUT2D eigenvalue weighted by Crippen LogP contribution is 2.27. The Labute approximate surface area is 125 Å². The van der Waals surface area contributed by atoms with E-state index in [9.17, 15) is 0 Å². The molecule has 1 heterocycles. The molecule has 0 saturated heterocycles. The van der Waals surface area contributed by atoms with E-state index in [1.54, 1.807) is 14.2 Å². The van der Waals surface area contributed by atoms with Gasteiger partial charge in [0, 0.05) is 17.3 Å². The van der Waals surface area contributed by atoms with Crippen LogP contribution in [0.3, 0.4) is 0 Å². The number of methoxy groups -OCH3 is 2. The Balaban J connectivity index is 1.90. The molecule has 0 amide bonds. The molecule has 0 saturated carbocycles. The Morgan fingerprint density at radius 3 is 2.62 bits per heavy atom. The van der Waals surface area contributed by atoms with E-state index in [0.717, 1.165) is 30.2 Å². The first-order valence-corrected chi connectivity index (χ1v) is 7.10. The third-order valence-electron chi connectivity index (χ3n) is 3.65. The van der Waals surface area contributed by atoms with Gasteiger partial charge in [-0.25, -0.2) is 0 Å². The number of aryl methyl sites for hydroxylation is 1. The quantitative estimate of drug-likeness (QED) is 0.822. The molecular weight excluding hydrogens is 266 g/mol. The molecule has 0 aliphatic heterocycles. The Morgan fingerprint density at radius 2 is 2.00 bits per heavy atom. The predicted octanol–water partition coefficient (Wildman–Crippen LogP) is 2.63. The summed E-state index contributed by atoms with van der Waals surface area (Å²) in [6.07, 6.45) is 2.81. The number of hydrogen-bond acceptors (Lipinski definition) is 4. The van der Waals surface area contributed by atoms with Gasteiger partial charge in [-0.1, -0.05) is 6.07 Å². The maximum Gasteiger partial charge on any atom is 0.160 e. The zero-order valence-corrected chi connectivity index (χ0v) is 13.1. The van der Waals surface area contributed by atoms with Crippen LogP contribution in [0.5, 0.6) is 11.5 Å². The molecule has 2 rings (SSSR count). The van der Waals surface area contributed by atoms with Crippen LogP contribution in [0.15, 0.2) is 24.4 Å². The van der Waals surface area contributed by atoms with Gasteiger partial charge in [-0.2, -0.15) is 5.10 Å². The number of H-pyrrole nitrogens is 1. The van der Waals surface area contributed by atoms with E-state index in [1.165, 1.54) is 11.1 Å². The summed E-state index contributed by atoms with van der Waals surface area (Å²) >= 11 is 0. The fourth-order valence-corrected chi connectivity index (χ4v) is 2.38. The second-order valence-corrected chi connectivity index (χ2v) is 5.07. The highest BCUT2D eigenvalue weighted by molar-refractivity contribution is 5.42. The number of hydrogen-bond donors (Lipinski definition) is 2. The van der Waals surface area contributed by atoms with Gasteiger partial charge in [-0.05, 0) is 44.5 Å². The van der Waals surface area contributed by atoms with E-state index in [-0.39, 0.29) is 6.04 Å². The molecule has 1 atom stereocenters. The van der Waals surface area contributed by atoms with E-state index in [1.807, 2.05) is 25.3 Å². The maximum atomic E-state index is 5.32. The van der Waals surface area contributed by atoms with Crippen LogP contribution in [0.25, 0.3) is 0 Å². The lowest BCUT2D eigenvalue weighted by molar-refractivity contribution is 0.354. The highest BCUT2D eigenvalue weighted by atomic mass is 16.5. The lowest BCUT2D eigenvalue weighted by Crippen LogP contribution is -2.21. The van der Waals surface area contributed by atoms with Crippen LogP contribution in [-0.2, 0) is 6.42 Å². The molecule has 0 fully saturated rings. The third kappa shape index (κ3) is 3.76. The molecule has 0 radical (unpaired) electrons. The van der Waals surface area contributed by atoms with Gasteiger partial charge in [0.1, 0.15) is 0 Å². The summed E-state index contributed by atoms with van der Waals surface area (Å²) in [4.78, 5) is 0. The molecule has 2 aromatic rings. The number of aromatic amines is 1. The standard InChI is InChI=1S/C16H23N3O2/c1-11(14-10-18-19-12(14)2)17-8-7-13-5-6-15(20-3)16(9-13)21-4/h5-6,9-11,17H,7-8H2,1-4H3,(H,18,19)/t11-/m1/s1. The predicted molar refractivity (Wildman–Crippen MR) is 83.0 cm³/mol. The Morgan fingerprint density at radius 1 is 1.24 bits per heavy atom. The van der Waals surface area contributed by atoms with Crippen molar-refractivity contribution in [2.24, 2.45) is 0 Å². The smallest absolute Gasteiger partial charge is 0.160 e. The molecule has 0 aliphatic carbocycles.